The highest BCUT2D eigenvalue weighted by atomic mass is 79.9. The zero-order chi connectivity index (χ0) is 13.3. The molecule has 96 valence electrons. The number of aromatic nitrogens is 2. The van der Waals surface area contributed by atoms with Crippen molar-refractivity contribution in [3.63, 3.8) is 0 Å². The van der Waals surface area contributed by atoms with E-state index in [0.717, 1.165) is 28.2 Å². The van der Waals surface area contributed by atoms with Crippen molar-refractivity contribution in [3.8, 4) is 0 Å². The fourth-order valence-corrected chi connectivity index (χ4v) is 4.52. The van der Waals surface area contributed by atoms with Gasteiger partial charge in [-0.2, -0.15) is 0 Å². The summed E-state index contributed by atoms with van der Waals surface area (Å²) in [6.45, 7) is 0. The first-order chi connectivity index (χ1) is 8.40. The van der Waals surface area contributed by atoms with Gasteiger partial charge in [0.1, 0.15) is 0 Å². The molecule has 2 rings (SSSR count). The lowest BCUT2D eigenvalue weighted by Gasteiger charge is -2.02. The van der Waals surface area contributed by atoms with Gasteiger partial charge >= 0.3 is 5.97 Å². The van der Waals surface area contributed by atoms with Crippen molar-refractivity contribution >= 4 is 59.7 Å². The molecule has 2 aromatic rings. The van der Waals surface area contributed by atoms with Gasteiger partial charge in [-0.3, -0.25) is 4.72 Å². The Morgan fingerprint density at radius 1 is 1.44 bits per heavy atom. The molecule has 2 aromatic heterocycles. The van der Waals surface area contributed by atoms with E-state index in [2.05, 4.69) is 30.6 Å². The third kappa shape index (κ3) is 2.68. The number of aromatic carboxylic acids is 1. The highest BCUT2D eigenvalue weighted by Crippen LogP contribution is 2.27. The molecular formula is C7H4BrN3O4S3. The second-order valence-corrected chi connectivity index (χ2v) is 8.01. The lowest BCUT2D eigenvalue weighted by molar-refractivity contribution is 0.0687. The van der Waals surface area contributed by atoms with Gasteiger partial charge in [-0.1, -0.05) is 11.3 Å². The largest absolute Gasteiger partial charge is 0.476 e. The highest BCUT2D eigenvalue weighted by Gasteiger charge is 2.26. The van der Waals surface area contributed by atoms with E-state index in [1.54, 1.807) is 0 Å². The minimum absolute atomic E-state index is 0.145. The van der Waals surface area contributed by atoms with Crippen molar-refractivity contribution in [1.29, 1.82) is 0 Å². The Morgan fingerprint density at radius 2 is 2.17 bits per heavy atom. The number of rotatable bonds is 4. The zero-order valence-electron chi connectivity index (χ0n) is 8.32. The molecule has 2 N–H and O–H groups in total. The molecule has 11 heteroatoms. The predicted octanol–water partition coefficient (Wildman–Crippen LogP) is 1.86. The average Bonchev–Trinajstić information content (AvgIpc) is 2.86. The van der Waals surface area contributed by atoms with Gasteiger partial charge in [0.05, 0.1) is 15.5 Å². The van der Waals surface area contributed by atoms with Gasteiger partial charge in [0, 0.05) is 0 Å². The lowest BCUT2D eigenvalue weighted by atomic mass is 10.5. The van der Waals surface area contributed by atoms with Crippen LogP contribution in [-0.2, 0) is 10.0 Å². The molecule has 0 bridgehead atoms. The number of nitrogens with zero attached hydrogens (tertiary/aromatic N) is 2. The number of carboxylic acid groups (broad SMARTS) is 1. The quantitative estimate of drug-likeness (QED) is 0.850. The Bertz CT molecular complexity index is 692. The molecule has 0 unspecified atom stereocenters. The minimum atomic E-state index is -3.98. The maximum absolute atomic E-state index is 11.9. The van der Waals surface area contributed by atoms with Gasteiger partial charge < -0.3 is 5.11 Å². The van der Waals surface area contributed by atoms with Crippen LogP contribution >= 0.6 is 38.6 Å². The van der Waals surface area contributed by atoms with Crippen LogP contribution in [0.15, 0.2) is 19.7 Å². The van der Waals surface area contributed by atoms with Gasteiger partial charge in [-0.25, -0.2) is 23.2 Å². The second kappa shape index (κ2) is 4.91. The number of anilines is 1. The number of halogens is 1. The molecule has 7 nitrogen and oxygen atoms in total. The van der Waals surface area contributed by atoms with Crippen LogP contribution in [0.3, 0.4) is 0 Å². The number of sulfonamides is 1. The van der Waals surface area contributed by atoms with Gasteiger partial charge in [0.15, 0.2) is 15.0 Å². The molecule has 0 aliphatic rings. The maximum atomic E-state index is 11.9. The van der Waals surface area contributed by atoms with E-state index in [0.29, 0.717) is 3.79 Å². The molecule has 0 saturated heterocycles. The summed E-state index contributed by atoms with van der Waals surface area (Å²) in [7, 11) is -3.98. The molecule has 2 heterocycles. The molecule has 0 radical (unpaired) electrons. The summed E-state index contributed by atoms with van der Waals surface area (Å²) < 4.78 is 26.4. The molecule has 0 spiro atoms. The molecular weight excluding hydrogens is 366 g/mol. The molecule has 0 aromatic carbocycles. The van der Waals surface area contributed by atoms with Gasteiger partial charge in [-0.15, -0.1) is 11.3 Å². The zero-order valence-corrected chi connectivity index (χ0v) is 12.4. The Morgan fingerprint density at radius 3 is 2.72 bits per heavy atom. The van der Waals surface area contributed by atoms with Crippen LogP contribution in [0.4, 0.5) is 5.13 Å². The summed E-state index contributed by atoms with van der Waals surface area (Å²) in [5.41, 5.74) is 0.665. The van der Waals surface area contributed by atoms with Crippen molar-refractivity contribution in [2.24, 2.45) is 0 Å². The molecule has 0 aliphatic carbocycles. The van der Waals surface area contributed by atoms with E-state index in [-0.39, 0.29) is 9.34 Å². The summed E-state index contributed by atoms with van der Waals surface area (Å²) in [5.74, 6) is -1.39. The third-order valence-corrected chi connectivity index (χ3v) is 5.91. The van der Waals surface area contributed by atoms with Crippen molar-refractivity contribution in [2.45, 2.75) is 4.21 Å². The van der Waals surface area contributed by atoms with Crippen molar-refractivity contribution < 1.29 is 18.3 Å². The van der Waals surface area contributed by atoms with Crippen molar-refractivity contribution in [1.82, 2.24) is 9.97 Å². The molecule has 0 aliphatic heterocycles. The Hall–Kier alpha value is -1.04. The smallest absolute Gasteiger partial charge is 0.356 e. The molecule has 0 saturated carbocycles. The Labute approximate surface area is 118 Å². The van der Waals surface area contributed by atoms with Crippen LogP contribution in [-0.4, -0.2) is 29.5 Å². The summed E-state index contributed by atoms with van der Waals surface area (Å²) in [5, 5.41) is 8.96. The maximum Gasteiger partial charge on any atom is 0.356 e. The number of hydrogen-bond acceptors (Lipinski definition) is 7. The summed E-state index contributed by atoms with van der Waals surface area (Å²) in [6.07, 6.45) is 1.44. The first-order valence-electron chi connectivity index (χ1n) is 4.21. The van der Waals surface area contributed by atoms with Crippen molar-refractivity contribution in [2.75, 3.05) is 4.72 Å². The molecule has 18 heavy (non-hydrogen) atoms. The first-order valence-corrected chi connectivity index (χ1v) is 8.18. The number of thiazole rings is 2. The highest BCUT2D eigenvalue weighted by molar-refractivity contribution is 9.11. The van der Waals surface area contributed by atoms with Crippen LogP contribution in [0.1, 0.15) is 10.5 Å². The van der Waals surface area contributed by atoms with Crippen LogP contribution in [0.5, 0.6) is 0 Å². The van der Waals surface area contributed by atoms with E-state index in [4.69, 9.17) is 5.11 Å². The molecule has 0 atom stereocenters. The molecule has 0 amide bonds. The standard InChI is InChI=1S/C7H4BrN3O4S3/c8-3-1-9-7(17-3)11-18(14,15)6-4(5(12)13)10-2-16-6/h1-2H,(H,9,11)(H,12,13). The van der Waals surface area contributed by atoms with E-state index < -0.39 is 21.7 Å². The molecule has 0 fully saturated rings. The van der Waals surface area contributed by atoms with Gasteiger partial charge in [0.2, 0.25) is 0 Å². The monoisotopic (exact) mass is 369 g/mol. The average molecular weight is 370 g/mol. The van der Waals surface area contributed by atoms with Crippen molar-refractivity contribution in [3.05, 3.63) is 21.2 Å². The topological polar surface area (TPSA) is 109 Å². The van der Waals surface area contributed by atoms with E-state index in [9.17, 15) is 13.2 Å². The van der Waals surface area contributed by atoms with Crippen LogP contribution in [0.2, 0.25) is 0 Å². The van der Waals surface area contributed by atoms with Crippen LogP contribution in [0, 0.1) is 0 Å². The van der Waals surface area contributed by atoms with Crippen LogP contribution < -0.4 is 4.72 Å². The number of nitrogens with one attached hydrogen (secondary N) is 1. The Balaban J connectivity index is 2.37. The van der Waals surface area contributed by atoms with Gasteiger partial charge in [0.25, 0.3) is 10.0 Å². The van der Waals surface area contributed by atoms with Crippen LogP contribution in [0.25, 0.3) is 0 Å². The van der Waals surface area contributed by atoms with E-state index >= 15 is 0 Å². The fourth-order valence-electron chi connectivity index (χ4n) is 1.03. The summed E-state index contributed by atoms with van der Waals surface area (Å²) in [6, 6.07) is 0. The normalized spacial score (nSPS) is 11.4. The summed E-state index contributed by atoms with van der Waals surface area (Å²) >= 11 is 4.96. The Kier molecular flexibility index (Phi) is 3.66. The fraction of sp³-hybridized carbons (Fsp3) is 0. The number of carboxylic acids is 1. The lowest BCUT2D eigenvalue weighted by Crippen LogP contribution is -2.15. The third-order valence-electron chi connectivity index (χ3n) is 1.68. The van der Waals surface area contributed by atoms with E-state index in [1.807, 2.05) is 0 Å². The summed E-state index contributed by atoms with van der Waals surface area (Å²) in [4.78, 5) is 18.1. The minimum Gasteiger partial charge on any atom is -0.476 e. The first kappa shape index (κ1) is 13.4. The second-order valence-electron chi connectivity index (χ2n) is 2.87. The van der Waals surface area contributed by atoms with E-state index in [1.165, 1.54) is 6.20 Å². The number of hydrogen-bond donors (Lipinski definition) is 2. The van der Waals surface area contributed by atoms with Gasteiger partial charge in [-0.05, 0) is 15.9 Å². The predicted molar refractivity (Wildman–Crippen MR) is 69.7 cm³/mol. The number of carbonyl (C=O) groups is 1. The SMILES string of the molecule is O=C(O)c1ncsc1S(=O)(=O)Nc1ncc(Br)s1.